The molecule has 1 saturated carbocycles. The zero-order chi connectivity index (χ0) is 21.7. The van der Waals surface area contributed by atoms with Crippen LogP contribution in [0.25, 0.3) is 5.69 Å². The largest absolute Gasteiger partial charge is 0.337 e. The number of hydrogen-bond acceptors (Lipinski definition) is 6. The van der Waals surface area contributed by atoms with Crippen molar-refractivity contribution >= 4 is 11.7 Å². The fraction of sp³-hybridized carbons (Fsp3) is 0.458. The van der Waals surface area contributed by atoms with Crippen molar-refractivity contribution in [2.24, 2.45) is 11.8 Å². The van der Waals surface area contributed by atoms with Crippen molar-refractivity contribution in [3.8, 4) is 5.69 Å². The van der Waals surface area contributed by atoms with E-state index in [1.807, 2.05) is 32.0 Å². The number of aromatic nitrogens is 5. The molecule has 1 aromatic carbocycles. The Labute approximate surface area is 182 Å². The smallest absolute Gasteiger partial charge is 0.226 e. The van der Waals surface area contributed by atoms with Crippen LogP contribution in [0.5, 0.6) is 0 Å². The summed E-state index contributed by atoms with van der Waals surface area (Å²) in [5.74, 6) is 1.64. The minimum Gasteiger partial charge on any atom is -0.337 e. The number of aryl methyl sites for hydroxylation is 4. The Bertz CT molecular complexity index is 1120. The molecule has 31 heavy (non-hydrogen) atoms. The Balaban J connectivity index is 1.42. The number of Topliss-reactive ketones (excluding diaryl/α,β-unsaturated/α-hetero) is 1. The molecule has 2 aliphatic rings. The standard InChI is InChI=1S/C24H28N6O/c1-14-9-20(22(10-15(14)2)30-8-7-25-28-30)23(31)18-5-6-19-13-29(21(19)12-18)24-26-16(3)11-17(4)27-24/h7-11,18-19,21H,5-6,12-13H2,1-4H3. The summed E-state index contributed by atoms with van der Waals surface area (Å²) in [5.41, 5.74) is 5.79. The zero-order valence-corrected chi connectivity index (χ0v) is 18.5. The Kier molecular flexibility index (Phi) is 4.84. The molecule has 0 spiro atoms. The SMILES string of the molecule is Cc1cc(C)nc(N2CC3CCC(C(=O)c4cc(C)c(C)cc4-n4ccnn4)CC32)n1. The molecule has 7 heteroatoms. The highest BCUT2D eigenvalue weighted by atomic mass is 16.1. The molecule has 1 saturated heterocycles. The maximum Gasteiger partial charge on any atom is 0.226 e. The lowest BCUT2D eigenvalue weighted by molar-refractivity contribution is 0.0811. The molecule has 160 valence electrons. The molecule has 2 fully saturated rings. The predicted molar refractivity (Wildman–Crippen MR) is 119 cm³/mol. The summed E-state index contributed by atoms with van der Waals surface area (Å²) < 4.78 is 1.70. The fourth-order valence-electron chi connectivity index (χ4n) is 5.10. The lowest BCUT2D eigenvalue weighted by Crippen LogP contribution is -2.60. The lowest BCUT2D eigenvalue weighted by atomic mass is 9.70. The number of carbonyl (C=O) groups excluding carboxylic acids is 1. The van der Waals surface area contributed by atoms with E-state index in [-0.39, 0.29) is 11.7 Å². The van der Waals surface area contributed by atoms with Gasteiger partial charge in [-0.15, -0.1) is 5.10 Å². The first-order chi connectivity index (χ1) is 14.9. The Hall–Kier alpha value is -3.09. The summed E-state index contributed by atoms with van der Waals surface area (Å²) in [6.45, 7) is 9.12. The average Bonchev–Trinajstić information content (AvgIpc) is 3.24. The molecule has 1 aliphatic carbocycles. The molecule has 2 aromatic heterocycles. The van der Waals surface area contributed by atoms with Crippen molar-refractivity contribution in [3.63, 3.8) is 0 Å². The quantitative estimate of drug-likeness (QED) is 0.603. The molecule has 1 aliphatic heterocycles. The van der Waals surface area contributed by atoms with Gasteiger partial charge in [0.25, 0.3) is 0 Å². The number of fused-ring (bicyclic) bond motifs is 1. The molecule has 7 nitrogen and oxygen atoms in total. The molecule has 3 heterocycles. The van der Waals surface area contributed by atoms with Gasteiger partial charge < -0.3 is 4.90 Å². The third-order valence-corrected chi connectivity index (χ3v) is 6.93. The Morgan fingerprint density at radius 1 is 1.00 bits per heavy atom. The molecular weight excluding hydrogens is 388 g/mol. The van der Waals surface area contributed by atoms with Crippen LogP contribution in [0.15, 0.2) is 30.6 Å². The van der Waals surface area contributed by atoms with Crippen LogP contribution in [0.3, 0.4) is 0 Å². The summed E-state index contributed by atoms with van der Waals surface area (Å²) in [7, 11) is 0. The van der Waals surface area contributed by atoms with Crippen molar-refractivity contribution < 1.29 is 4.79 Å². The van der Waals surface area contributed by atoms with E-state index < -0.39 is 0 Å². The molecular formula is C24H28N6O. The maximum absolute atomic E-state index is 13.7. The van der Waals surface area contributed by atoms with Crippen LogP contribution in [0, 0.1) is 39.5 Å². The van der Waals surface area contributed by atoms with Crippen LogP contribution in [0.2, 0.25) is 0 Å². The van der Waals surface area contributed by atoms with E-state index in [4.69, 9.17) is 0 Å². The highest BCUT2D eigenvalue weighted by Gasteiger charge is 2.46. The number of nitrogens with zero attached hydrogens (tertiary/aromatic N) is 6. The van der Waals surface area contributed by atoms with E-state index in [2.05, 4.69) is 39.0 Å². The summed E-state index contributed by atoms with van der Waals surface area (Å²) in [6, 6.07) is 6.40. The molecule has 3 aromatic rings. The van der Waals surface area contributed by atoms with Gasteiger partial charge in [-0.05, 0) is 82.2 Å². The van der Waals surface area contributed by atoms with E-state index in [1.165, 1.54) is 0 Å². The second-order valence-corrected chi connectivity index (χ2v) is 9.11. The number of anilines is 1. The van der Waals surface area contributed by atoms with Crippen LogP contribution in [0.1, 0.15) is 52.1 Å². The maximum atomic E-state index is 13.7. The average molecular weight is 417 g/mol. The highest BCUT2D eigenvalue weighted by molar-refractivity contribution is 6.01. The topological polar surface area (TPSA) is 76.8 Å². The number of carbonyl (C=O) groups is 1. The molecule has 0 amide bonds. The van der Waals surface area contributed by atoms with Gasteiger partial charge in [-0.1, -0.05) is 5.21 Å². The minimum atomic E-state index is -0.000617. The second kappa shape index (κ2) is 7.55. The van der Waals surface area contributed by atoms with Gasteiger partial charge in [0, 0.05) is 35.5 Å². The third kappa shape index (κ3) is 3.52. The fourth-order valence-corrected chi connectivity index (χ4v) is 5.10. The molecule has 0 radical (unpaired) electrons. The number of hydrogen-bond donors (Lipinski definition) is 0. The number of benzene rings is 1. The molecule has 3 atom stereocenters. The normalized spacial score (nSPS) is 22.7. The van der Waals surface area contributed by atoms with E-state index in [9.17, 15) is 4.79 Å². The van der Waals surface area contributed by atoms with Crippen LogP contribution in [-0.4, -0.2) is 43.3 Å². The van der Waals surface area contributed by atoms with E-state index in [1.54, 1.807) is 17.1 Å². The summed E-state index contributed by atoms with van der Waals surface area (Å²) in [4.78, 5) is 25.3. The zero-order valence-electron chi connectivity index (χ0n) is 18.5. The van der Waals surface area contributed by atoms with Crippen molar-refractivity contribution in [1.82, 2.24) is 25.0 Å². The van der Waals surface area contributed by atoms with Crippen molar-refractivity contribution in [3.05, 3.63) is 58.7 Å². The molecule has 0 N–H and O–H groups in total. The first-order valence-corrected chi connectivity index (χ1v) is 11.0. The van der Waals surface area contributed by atoms with Gasteiger partial charge in [0.15, 0.2) is 5.78 Å². The summed E-state index contributed by atoms with van der Waals surface area (Å²) in [5, 5.41) is 8.08. The van der Waals surface area contributed by atoms with E-state index >= 15 is 0 Å². The van der Waals surface area contributed by atoms with E-state index in [0.717, 1.165) is 65.5 Å². The van der Waals surface area contributed by atoms with Gasteiger partial charge in [-0.25, -0.2) is 14.6 Å². The summed E-state index contributed by atoms with van der Waals surface area (Å²) >= 11 is 0. The third-order valence-electron chi connectivity index (χ3n) is 6.93. The van der Waals surface area contributed by atoms with Crippen molar-refractivity contribution in [2.75, 3.05) is 11.4 Å². The predicted octanol–water partition coefficient (Wildman–Crippen LogP) is 3.78. The van der Waals surface area contributed by atoms with Crippen LogP contribution in [0.4, 0.5) is 5.95 Å². The first-order valence-electron chi connectivity index (χ1n) is 11.0. The Morgan fingerprint density at radius 2 is 1.74 bits per heavy atom. The van der Waals surface area contributed by atoms with Crippen LogP contribution >= 0.6 is 0 Å². The van der Waals surface area contributed by atoms with Gasteiger partial charge >= 0.3 is 0 Å². The molecule has 3 unspecified atom stereocenters. The number of rotatable bonds is 4. The second-order valence-electron chi connectivity index (χ2n) is 9.11. The van der Waals surface area contributed by atoms with Crippen molar-refractivity contribution in [2.45, 2.75) is 53.0 Å². The van der Waals surface area contributed by atoms with Gasteiger partial charge in [-0.3, -0.25) is 4.79 Å². The Morgan fingerprint density at radius 3 is 2.45 bits per heavy atom. The monoisotopic (exact) mass is 416 g/mol. The minimum absolute atomic E-state index is 0.000617. The highest BCUT2D eigenvalue weighted by Crippen LogP contribution is 2.42. The molecule has 0 bridgehead atoms. The van der Waals surface area contributed by atoms with Gasteiger partial charge in [-0.2, -0.15) is 0 Å². The van der Waals surface area contributed by atoms with E-state index in [0.29, 0.717) is 12.0 Å². The first kappa shape index (κ1) is 19.8. The lowest BCUT2D eigenvalue weighted by Gasteiger charge is -2.52. The summed E-state index contributed by atoms with van der Waals surface area (Å²) in [6.07, 6.45) is 6.30. The van der Waals surface area contributed by atoms with Crippen LogP contribution in [-0.2, 0) is 0 Å². The molecule has 5 rings (SSSR count). The van der Waals surface area contributed by atoms with Gasteiger partial charge in [0.05, 0.1) is 18.1 Å². The van der Waals surface area contributed by atoms with Gasteiger partial charge in [0.1, 0.15) is 0 Å². The van der Waals surface area contributed by atoms with Crippen molar-refractivity contribution in [1.29, 1.82) is 0 Å². The van der Waals surface area contributed by atoms with Crippen LogP contribution < -0.4 is 4.90 Å². The van der Waals surface area contributed by atoms with Gasteiger partial charge in [0.2, 0.25) is 5.95 Å². The number of ketones is 1.